The van der Waals surface area contributed by atoms with E-state index in [0.717, 1.165) is 12.0 Å². The molecular formula is C22H25FN4OS. The third-order valence-electron chi connectivity index (χ3n) is 4.88. The fourth-order valence-corrected chi connectivity index (χ4v) is 3.91. The Morgan fingerprint density at radius 1 is 1.14 bits per heavy atom. The average Bonchev–Trinajstić information content (AvgIpc) is 3.10. The number of benzene rings is 2. The summed E-state index contributed by atoms with van der Waals surface area (Å²) in [6.45, 7) is 4.58. The zero-order chi connectivity index (χ0) is 20.8. The highest BCUT2D eigenvalue weighted by Gasteiger charge is 2.20. The smallest absolute Gasteiger partial charge is 0.233 e. The van der Waals surface area contributed by atoms with Crippen LogP contribution in [0, 0.1) is 5.82 Å². The number of amides is 1. The van der Waals surface area contributed by atoms with Gasteiger partial charge in [0.05, 0.1) is 5.25 Å². The molecule has 1 amide bonds. The molecule has 0 bridgehead atoms. The highest BCUT2D eigenvalue weighted by atomic mass is 32.2. The maximum absolute atomic E-state index is 13.1. The summed E-state index contributed by atoms with van der Waals surface area (Å²) in [6, 6.07) is 16.3. The number of carbonyl (C=O) groups excluding carboxylic acids is 1. The minimum Gasteiger partial charge on any atom is -0.355 e. The van der Waals surface area contributed by atoms with Crippen LogP contribution in [0.3, 0.4) is 0 Å². The van der Waals surface area contributed by atoms with Gasteiger partial charge in [-0.05, 0) is 43.2 Å². The molecule has 0 aliphatic carbocycles. The Bertz CT molecular complexity index is 943. The van der Waals surface area contributed by atoms with Gasteiger partial charge in [0.1, 0.15) is 5.82 Å². The number of carbonyl (C=O) groups is 1. The molecule has 1 aromatic heterocycles. The van der Waals surface area contributed by atoms with Gasteiger partial charge in [-0.3, -0.25) is 4.79 Å². The van der Waals surface area contributed by atoms with Crippen molar-refractivity contribution in [2.75, 3.05) is 6.54 Å². The van der Waals surface area contributed by atoms with E-state index in [4.69, 9.17) is 0 Å². The molecule has 0 fully saturated rings. The Kier molecular flexibility index (Phi) is 7.04. The molecule has 0 unspecified atom stereocenters. The fourth-order valence-electron chi connectivity index (χ4n) is 3.07. The van der Waals surface area contributed by atoms with E-state index in [2.05, 4.69) is 34.6 Å². The molecule has 3 aromatic rings. The zero-order valence-corrected chi connectivity index (χ0v) is 17.6. The van der Waals surface area contributed by atoms with Crippen LogP contribution in [0.15, 0.2) is 59.8 Å². The number of rotatable bonds is 8. The van der Waals surface area contributed by atoms with Crippen molar-refractivity contribution in [2.24, 2.45) is 7.05 Å². The first-order chi connectivity index (χ1) is 14.0. The van der Waals surface area contributed by atoms with Crippen LogP contribution in [0.5, 0.6) is 0 Å². The Hall–Kier alpha value is -2.67. The normalized spacial score (nSPS) is 13.1. The summed E-state index contributed by atoms with van der Waals surface area (Å²) >= 11 is 1.36. The summed E-state index contributed by atoms with van der Waals surface area (Å²) in [5, 5.41) is 11.8. The summed E-state index contributed by atoms with van der Waals surface area (Å²) in [4.78, 5) is 12.6. The number of nitrogens with one attached hydrogen (secondary N) is 1. The van der Waals surface area contributed by atoms with Crippen molar-refractivity contribution < 1.29 is 9.18 Å². The monoisotopic (exact) mass is 412 g/mol. The van der Waals surface area contributed by atoms with Gasteiger partial charge in [-0.2, -0.15) is 0 Å². The highest BCUT2D eigenvalue weighted by molar-refractivity contribution is 8.00. The Morgan fingerprint density at radius 3 is 2.48 bits per heavy atom. The van der Waals surface area contributed by atoms with Crippen LogP contribution in [0.25, 0.3) is 11.4 Å². The molecule has 2 aromatic carbocycles. The van der Waals surface area contributed by atoms with E-state index in [9.17, 15) is 9.18 Å². The second-order valence-corrected chi connectivity index (χ2v) is 8.20. The van der Waals surface area contributed by atoms with E-state index in [1.54, 1.807) is 12.1 Å². The largest absolute Gasteiger partial charge is 0.355 e. The lowest BCUT2D eigenvalue weighted by Gasteiger charge is -2.18. The van der Waals surface area contributed by atoms with Crippen LogP contribution >= 0.6 is 11.8 Å². The summed E-state index contributed by atoms with van der Waals surface area (Å²) in [5.74, 6) is 0.597. The van der Waals surface area contributed by atoms with Gasteiger partial charge >= 0.3 is 0 Å². The van der Waals surface area contributed by atoms with E-state index in [1.165, 1.54) is 29.5 Å². The highest BCUT2D eigenvalue weighted by Crippen LogP contribution is 2.26. The Morgan fingerprint density at radius 2 is 1.83 bits per heavy atom. The molecular weight excluding hydrogens is 387 g/mol. The van der Waals surface area contributed by atoms with Gasteiger partial charge in [-0.25, -0.2) is 4.39 Å². The fraction of sp³-hybridized carbons (Fsp3) is 0.318. The van der Waals surface area contributed by atoms with Crippen molar-refractivity contribution in [3.63, 3.8) is 0 Å². The molecule has 5 nitrogen and oxygen atoms in total. The molecule has 1 N–H and O–H groups in total. The molecule has 0 saturated heterocycles. The van der Waals surface area contributed by atoms with Gasteiger partial charge in [0.25, 0.3) is 0 Å². The van der Waals surface area contributed by atoms with Crippen LogP contribution < -0.4 is 5.32 Å². The number of hydrogen-bond donors (Lipinski definition) is 1. The maximum Gasteiger partial charge on any atom is 0.233 e. The van der Waals surface area contributed by atoms with Gasteiger partial charge in [-0.1, -0.05) is 49.0 Å². The van der Waals surface area contributed by atoms with Crippen molar-refractivity contribution in [3.05, 3.63) is 66.0 Å². The van der Waals surface area contributed by atoms with Crippen molar-refractivity contribution in [1.82, 2.24) is 20.1 Å². The lowest BCUT2D eigenvalue weighted by Crippen LogP contribution is -2.34. The van der Waals surface area contributed by atoms with Crippen LogP contribution in [0.1, 0.15) is 31.7 Å². The maximum atomic E-state index is 13.1. The number of thioether (sulfide) groups is 1. The first-order valence-electron chi connectivity index (χ1n) is 9.64. The molecule has 0 aliphatic heterocycles. The number of halogens is 1. The topological polar surface area (TPSA) is 59.8 Å². The summed E-state index contributed by atoms with van der Waals surface area (Å²) in [7, 11) is 1.84. The molecule has 1 heterocycles. The molecule has 29 heavy (non-hydrogen) atoms. The number of nitrogens with zero attached hydrogens (tertiary/aromatic N) is 3. The molecule has 0 aliphatic rings. The van der Waals surface area contributed by atoms with Crippen molar-refractivity contribution >= 4 is 17.7 Å². The van der Waals surface area contributed by atoms with Gasteiger partial charge in [-0.15, -0.1) is 10.2 Å². The van der Waals surface area contributed by atoms with Crippen molar-refractivity contribution in [1.29, 1.82) is 0 Å². The summed E-state index contributed by atoms with van der Waals surface area (Å²) < 4.78 is 15.0. The lowest BCUT2D eigenvalue weighted by atomic mass is 9.96. The quantitative estimate of drug-likeness (QED) is 0.557. The molecule has 0 radical (unpaired) electrons. The Balaban J connectivity index is 1.60. The first kappa shape index (κ1) is 21.0. The van der Waals surface area contributed by atoms with E-state index in [-0.39, 0.29) is 22.9 Å². The minimum atomic E-state index is -0.313. The van der Waals surface area contributed by atoms with Crippen molar-refractivity contribution in [3.8, 4) is 11.4 Å². The van der Waals surface area contributed by atoms with Crippen LogP contribution in [-0.2, 0) is 11.8 Å². The summed E-state index contributed by atoms with van der Waals surface area (Å²) in [6.07, 6.45) is 0.954. The number of hydrogen-bond acceptors (Lipinski definition) is 4. The molecule has 7 heteroatoms. The van der Waals surface area contributed by atoms with Gasteiger partial charge in [0.15, 0.2) is 11.0 Å². The van der Waals surface area contributed by atoms with Crippen molar-refractivity contribution in [2.45, 2.75) is 36.6 Å². The minimum absolute atomic E-state index is 0.0317. The molecule has 0 saturated carbocycles. The first-order valence-corrected chi connectivity index (χ1v) is 10.5. The molecule has 152 valence electrons. The third kappa shape index (κ3) is 5.23. The van der Waals surface area contributed by atoms with Gasteiger partial charge < -0.3 is 9.88 Å². The number of aromatic nitrogens is 3. The average molecular weight is 413 g/mol. The lowest BCUT2D eigenvalue weighted by molar-refractivity contribution is -0.120. The van der Waals surface area contributed by atoms with Crippen LogP contribution in [0.2, 0.25) is 0 Å². The molecule has 3 rings (SSSR count). The zero-order valence-electron chi connectivity index (χ0n) is 16.8. The second-order valence-electron chi connectivity index (χ2n) is 6.89. The van der Waals surface area contributed by atoms with E-state index < -0.39 is 0 Å². The summed E-state index contributed by atoms with van der Waals surface area (Å²) in [5.41, 5.74) is 2.01. The third-order valence-corrected chi connectivity index (χ3v) is 6.01. The molecule has 0 spiro atoms. The van der Waals surface area contributed by atoms with Crippen LogP contribution in [-0.4, -0.2) is 32.5 Å². The van der Waals surface area contributed by atoms with Gasteiger partial charge in [0, 0.05) is 25.1 Å². The van der Waals surface area contributed by atoms with E-state index in [1.807, 2.05) is 36.7 Å². The predicted octanol–water partition coefficient (Wildman–Crippen LogP) is 4.41. The predicted molar refractivity (Wildman–Crippen MR) is 114 cm³/mol. The molecule has 2 atom stereocenters. The second kappa shape index (κ2) is 9.69. The standard InChI is InChI=1S/C22H25FN4OS/c1-4-16(17-8-6-5-7-9-17)14-24-21(28)15(2)29-22-26-25-20(27(22)3)18-10-12-19(23)13-11-18/h5-13,15-16H,4,14H2,1-3H3,(H,24,28)/t15-,16-/m1/s1. The Labute approximate surface area is 174 Å². The van der Waals surface area contributed by atoms with E-state index in [0.29, 0.717) is 17.5 Å². The van der Waals surface area contributed by atoms with Crippen LogP contribution in [0.4, 0.5) is 4.39 Å². The SMILES string of the molecule is CC[C@H](CNC(=O)[C@@H](C)Sc1nnc(-c2ccc(F)cc2)n1C)c1ccccc1. The van der Waals surface area contributed by atoms with E-state index >= 15 is 0 Å². The van der Waals surface area contributed by atoms with Gasteiger partial charge in [0.2, 0.25) is 5.91 Å².